The molecule has 2 saturated heterocycles. The number of fused-ring (bicyclic) bond motifs is 2. The van der Waals surface area contributed by atoms with Crippen molar-refractivity contribution in [2.45, 2.75) is 42.2 Å². The molecule has 0 aromatic heterocycles. The number of hydrogen-bond donors (Lipinski definition) is 1. The Kier molecular flexibility index (Phi) is 6.26. The second-order valence-corrected chi connectivity index (χ2v) is 11.9. The lowest BCUT2D eigenvalue weighted by atomic mass is 9.75. The number of carbonyl (C=O) groups is 3. The van der Waals surface area contributed by atoms with E-state index in [1.165, 1.54) is 11.8 Å². The summed E-state index contributed by atoms with van der Waals surface area (Å²) in [6, 6.07) is 4.71. The number of unbranched alkanes of at least 4 members (excludes halogenated alkanes) is 1. The van der Waals surface area contributed by atoms with Crippen molar-refractivity contribution in [2.24, 2.45) is 11.8 Å². The van der Waals surface area contributed by atoms with Crippen molar-refractivity contribution in [2.75, 3.05) is 31.2 Å². The fourth-order valence-corrected chi connectivity index (χ4v) is 8.63. The van der Waals surface area contributed by atoms with E-state index in [4.69, 9.17) is 16.3 Å². The number of anilines is 1. The number of benzene rings is 1. The number of thioether (sulfide) groups is 1. The summed E-state index contributed by atoms with van der Waals surface area (Å²) in [6.07, 6.45) is 8.75. The average Bonchev–Trinajstić information content (AvgIpc) is 3.06. The molecule has 5 atom stereocenters. The van der Waals surface area contributed by atoms with Crippen LogP contribution >= 0.6 is 23.4 Å². The molecule has 4 aliphatic heterocycles. The Morgan fingerprint density at radius 2 is 1.94 bits per heavy atom. The number of hydrogen-bond acceptors (Lipinski definition) is 6. The molecule has 2 amide bonds. The first-order valence-electron chi connectivity index (χ1n) is 12.0. The number of nitrogens with zero attached hydrogens (tertiary/aromatic N) is 2. The van der Waals surface area contributed by atoms with E-state index in [-0.39, 0.29) is 25.0 Å². The van der Waals surface area contributed by atoms with Gasteiger partial charge in [-0.05, 0) is 44.4 Å². The smallest absolute Gasteiger partial charge is 0.311 e. The van der Waals surface area contributed by atoms with Crippen molar-refractivity contribution in [1.29, 1.82) is 0 Å². The first kappa shape index (κ1) is 24.4. The molecular formula is C26H29ClN2O5S. The first-order chi connectivity index (χ1) is 16.7. The zero-order valence-corrected chi connectivity index (χ0v) is 21.3. The third kappa shape index (κ3) is 3.64. The van der Waals surface area contributed by atoms with Crippen LogP contribution in [0.1, 0.15) is 25.3 Å². The molecule has 186 valence electrons. The van der Waals surface area contributed by atoms with Gasteiger partial charge in [-0.15, -0.1) is 11.8 Å². The van der Waals surface area contributed by atoms with E-state index in [9.17, 15) is 19.5 Å². The number of carbonyl (C=O) groups excluding carboxylic acids is 3. The van der Waals surface area contributed by atoms with Gasteiger partial charge in [-0.25, -0.2) is 0 Å². The number of aliphatic hydroxyl groups is 1. The van der Waals surface area contributed by atoms with Crippen LogP contribution < -0.4 is 4.90 Å². The molecule has 1 N–H and O–H groups in total. The number of amides is 2. The zero-order chi connectivity index (χ0) is 25.0. The Bertz CT molecular complexity index is 1120. The molecule has 7 nitrogen and oxygen atoms in total. The third-order valence-corrected chi connectivity index (χ3v) is 9.68. The van der Waals surface area contributed by atoms with E-state index in [0.29, 0.717) is 36.6 Å². The van der Waals surface area contributed by atoms with Crippen LogP contribution in [0.15, 0.2) is 42.5 Å². The van der Waals surface area contributed by atoms with E-state index >= 15 is 0 Å². The minimum absolute atomic E-state index is 0.00657. The van der Waals surface area contributed by atoms with Crippen molar-refractivity contribution >= 4 is 46.8 Å². The Morgan fingerprint density at radius 1 is 1.14 bits per heavy atom. The standard InChI is InChI=1S/C26H29ClN2O5S/c1-16-8-5-9-17(27)20(16)28-13-6-11-26-18(19-24(33)34-15-7-10-25(19,2)35-26)22(31)29(12-3-4-14-30)21(26)23(28)32/h5-11,18-19,21,30H,3-4,12-15H2,1-2H3/t18-,19-,21?,25+,26-/m0/s1. The lowest BCUT2D eigenvalue weighted by molar-refractivity contribution is -0.152. The highest BCUT2D eigenvalue weighted by Gasteiger charge is 2.74. The zero-order valence-electron chi connectivity index (χ0n) is 19.8. The normalized spacial score (nSPS) is 33.8. The summed E-state index contributed by atoms with van der Waals surface area (Å²) in [5.74, 6) is -2.25. The van der Waals surface area contributed by atoms with Crippen molar-refractivity contribution in [3.05, 3.63) is 53.1 Å². The van der Waals surface area contributed by atoms with E-state index in [0.717, 1.165) is 5.56 Å². The molecule has 0 saturated carbocycles. The molecule has 9 heteroatoms. The predicted octanol–water partition coefficient (Wildman–Crippen LogP) is 3.12. The summed E-state index contributed by atoms with van der Waals surface area (Å²) in [4.78, 5) is 44.8. The molecule has 0 radical (unpaired) electrons. The fourth-order valence-electron chi connectivity index (χ4n) is 6.15. The minimum atomic E-state index is -0.919. The van der Waals surface area contributed by atoms with Gasteiger partial charge in [0.2, 0.25) is 5.91 Å². The Morgan fingerprint density at radius 3 is 2.69 bits per heavy atom. The predicted molar refractivity (Wildman–Crippen MR) is 135 cm³/mol. The maximum atomic E-state index is 14.4. The van der Waals surface area contributed by atoms with Gasteiger partial charge in [-0.2, -0.15) is 0 Å². The van der Waals surface area contributed by atoms with Gasteiger partial charge >= 0.3 is 5.97 Å². The largest absolute Gasteiger partial charge is 0.461 e. The van der Waals surface area contributed by atoms with E-state index in [2.05, 4.69) is 0 Å². The van der Waals surface area contributed by atoms with Crippen molar-refractivity contribution in [3.63, 3.8) is 0 Å². The summed E-state index contributed by atoms with van der Waals surface area (Å²) >= 11 is 8.08. The van der Waals surface area contributed by atoms with Gasteiger partial charge in [0.15, 0.2) is 0 Å². The van der Waals surface area contributed by atoms with Gasteiger partial charge < -0.3 is 19.6 Å². The van der Waals surface area contributed by atoms with Gasteiger partial charge in [0.05, 0.1) is 27.3 Å². The van der Waals surface area contributed by atoms with Gasteiger partial charge in [-0.3, -0.25) is 14.4 Å². The molecule has 1 unspecified atom stereocenters. The number of para-hydroxylation sites is 1. The molecule has 1 aromatic carbocycles. The van der Waals surface area contributed by atoms with Crippen LogP contribution in [0.2, 0.25) is 5.02 Å². The van der Waals surface area contributed by atoms with Gasteiger partial charge in [-0.1, -0.05) is 42.0 Å². The lowest BCUT2D eigenvalue weighted by Crippen LogP contribution is -2.53. The second-order valence-electron chi connectivity index (χ2n) is 9.75. The average molecular weight is 517 g/mol. The molecule has 5 rings (SSSR count). The van der Waals surface area contributed by atoms with Crippen molar-refractivity contribution in [3.8, 4) is 0 Å². The Labute approximate surface area is 214 Å². The maximum Gasteiger partial charge on any atom is 0.311 e. The maximum absolute atomic E-state index is 14.4. The monoisotopic (exact) mass is 516 g/mol. The van der Waals surface area contributed by atoms with E-state index < -0.39 is 33.3 Å². The van der Waals surface area contributed by atoms with Crippen molar-refractivity contribution in [1.82, 2.24) is 4.90 Å². The summed E-state index contributed by atoms with van der Waals surface area (Å²) in [5.41, 5.74) is 1.50. The summed E-state index contributed by atoms with van der Waals surface area (Å²) in [7, 11) is 0. The summed E-state index contributed by atoms with van der Waals surface area (Å²) in [5, 5.41) is 9.79. The van der Waals surface area contributed by atoms with Crippen LogP contribution in [-0.4, -0.2) is 69.6 Å². The van der Waals surface area contributed by atoms with Crippen LogP contribution in [0.3, 0.4) is 0 Å². The summed E-state index contributed by atoms with van der Waals surface area (Å²) in [6.45, 7) is 4.69. The molecule has 1 aromatic rings. The highest BCUT2D eigenvalue weighted by atomic mass is 35.5. The number of aliphatic hydroxyl groups excluding tert-OH is 1. The van der Waals surface area contributed by atoms with Gasteiger partial charge in [0.25, 0.3) is 5.91 Å². The van der Waals surface area contributed by atoms with Gasteiger partial charge in [0, 0.05) is 24.4 Å². The van der Waals surface area contributed by atoms with E-state index in [1.807, 2.05) is 50.3 Å². The molecule has 0 bridgehead atoms. The van der Waals surface area contributed by atoms with E-state index in [1.54, 1.807) is 15.9 Å². The SMILES string of the molecule is Cc1cccc(Cl)c1N1CC=C[C@]23S[C@]4(C)C=CCOC(=O)[C@@H]4[C@H]2C(=O)N(CCCCO)C3C1=O. The molecule has 2 fully saturated rings. The number of halogens is 1. The number of esters is 1. The van der Waals surface area contributed by atoms with Crippen LogP contribution in [0.25, 0.3) is 0 Å². The quantitative estimate of drug-likeness (QED) is 0.367. The van der Waals surface area contributed by atoms with Crippen LogP contribution in [-0.2, 0) is 19.1 Å². The molecular weight excluding hydrogens is 488 g/mol. The number of rotatable bonds is 5. The number of cyclic esters (lactones) is 1. The topological polar surface area (TPSA) is 87.2 Å². The molecule has 4 aliphatic rings. The fraction of sp³-hybridized carbons (Fsp3) is 0.500. The van der Waals surface area contributed by atoms with Crippen LogP contribution in [0, 0.1) is 18.8 Å². The van der Waals surface area contributed by atoms with Gasteiger partial charge in [0.1, 0.15) is 12.6 Å². The molecule has 1 spiro atoms. The van der Waals surface area contributed by atoms with Crippen LogP contribution in [0.5, 0.6) is 0 Å². The number of likely N-dealkylation sites (tertiary alicyclic amines) is 1. The first-order valence-corrected chi connectivity index (χ1v) is 13.1. The molecule has 35 heavy (non-hydrogen) atoms. The highest BCUT2D eigenvalue weighted by Crippen LogP contribution is 2.65. The number of aryl methyl sites for hydroxylation is 1. The molecule has 0 aliphatic carbocycles. The van der Waals surface area contributed by atoms with Crippen LogP contribution in [0.4, 0.5) is 5.69 Å². The summed E-state index contributed by atoms with van der Waals surface area (Å²) < 4.78 is 3.85. The Balaban J connectivity index is 1.65. The lowest BCUT2D eigenvalue weighted by Gasteiger charge is -2.37. The second kappa shape index (κ2) is 8.98. The highest BCUT2D eigenvalue weighted by molar-refractivity contribution is 8.02. The number of ether oxygens (including phenoxy) is 1. The minimum Gasteiger partial charge on any atom is -0.461 e. The third-order valence-electron chi connectivity index (χ3n) is 7.58. The van der Waals surface area contributed by atoms with Crippen molar-refractivity contribution < 1.29 is 24.2 Å². The molecule has 4 heterocycles. The Hall–Kier alpha value is -2.29.